The third kappa shape index (κ3) is 6.74. The van der Waals surface area contributed by atoms with Crippen molar-refractivity contribution in [3.63, 3.8) is 0 Å². The molecule has 0 amide bonds. The van der Waals surface area contributed by atoms with E-state index in [1.807, 2.05) is 72.8 Å². The Hall–Kier alpha value is -3.02. The van der Waals surface area contributed by atoms with Crippen LogP contribution in [0.1, 0.15) is 12.0 Å². The maximum absolute atomic E-state index is 11.0. The molecule has 31 heavy (non-hydrogen) atoms. The molecule has 0 fully saturated rings. The Morgan fingerprint density at radius 1 is 0.903 bits per heavy atom. The second-order valence-electron chi connectivity index (χ2n) is 6.97. The van der Waals surface area contributed by atoms with Gasteiger partial charge in [0.05, 0.1) is 13.2 Å². The van der Waals surface area contributed by atoms with Gasteiger partial charge in [0.2, 0.25) is 0 Å². The van der Waals surface area contributed by atoms with Crippen LogP contribution in [-0.4, -0.2) is 37.5 Å². The Labute approximate surface area is 187 Å². The van der Waals surface area contributed by atoms with E-state index in [1.54, 1.807) is 0 Å². The van der Waals surface area contributed by atoms with Crippen molar-refractivity contribution >= 4 is 17.6 Å². The third-order valence-corrected chi connectivity index (χ3v) is 5.10. The smallest absolute Gasteiger partial charge is 0.333 e. The van der Waals surface area contributed by atoms with Crippen molar-refractivity contribution in [3.05, 3.63) is 83.4 Å². The lowest BCUT2D eigenvalue weighted by molar-refractivity contribution is -0.148. The topological polar surface area (TPSA) is 65.0 Å². The number of carboxylic acid groups (broad SMARTS) is 1. The summed E-state index contributed by atoms with van der Waals surface area (Å²) in [5.41, 5.74) is 2.92. The van der Waals surface area contributed by atoms with Crippen molar-refractivity contribution in [2.45, 2.75) is 18.9 Å². The molecule has 162 valence electrons. The van der Waals surface area contributed by atoms with E-state index in [0.717, 1.165) is 39.6 Å². The van der Waals surface area contributed by atoms with Gasteiger partial charge in [0.1, 0.15) is 11.5 Å². The highest BCUT2D eigenvalue weighted by atomic mass is 35.5. The van der Waals surface area contributed by atoms with Crippen LogP contribution in [0.15, 0.2) is 72.8 Å². The van der Waals surface area contributed by atoms with E-state index >= 15 is 0 Å². The van der Waals surface area contributed by atoms with E-state index in [-0.39, 0.29) is 0 Å². The number of halogens is 1. The maximum atomic E-state index is 11.0. The van der Waals surface area contributed by atoms with Gasteiger partial charge in [-0.3, -0.25) is 0 Å². The number of aliphatic carboxylic acids is 1. The molecule has 0 spiro atoms. The Balaban J connectivity index is 1.39. The standard InChI is InChI=1S/C25H25ClO5/c1-29-24(25(27)28)17-18-7-11-20(12-8-18)30-15-4-16-31-21-13-9-19(10-14-21)22-5-2-3-6-23(22)26/h2-3,5-14,24H,4,15-17H2,1H3,(H,27,28)/t24-/m0/s1. The summed E-state index contributed by atoms with van der Waals surface area (Å²) in [5, 5.41) is 9.77. The molecule has 5 nitrogen and oxygen atoms in total. The summed E-state index contributed by atoms with van der Waals surface area (Å²) < 4.78 is 16.5. The predicted molar refractivity (Wildman–Crippen MR) is 121 cm³/mol. The molecule has 1 atom stereocenters. The lowest BCUT2D eigenvalue weighted by Crippen LogP contribution is -2.24. The first-order chi connectivity index (χ1) is 15.1. The maximum Gasteiger partial charge on any atom is 0.333 e. The fraction of sp³-hybridized carbons (Fsp3) is 0.240. The molecule has 0 bridgehead atoms. The molecule has 0 aromatic heterocycles. The predicted octanol–water partition coefficient (Wildman–Crippen LogP) is 5.50. The summed E-state index contributed by atoms with van der Waals surface area (Å²) in [6, 6.07) is 23.0. The fourth-order valence-electron chi connectivity index (χ4n) is 3.07. The number of hydrogen-bond donors (Lipinski definition) is 1. The highest BCUT2D eigenvalue weighted by molar-refractivity contribution is 6.33. The minimum atomic E-state index is -0.971. The van der Waals surface area contributed by atoms with Crippen molar-refractivity contribution in [1.82, 2.24) is 0 Å². The zero-order valence-corrected chi connectivity index (χ0v) is 18.0. The Morgan fingerprint density at radius 2 is 1.48 bits per heavy atom. The van der Waals surface area contributed by atoms with E-state index < -0.39 is 12.1 Å². The highest BCUT2D eigenvalue weighted by Gasteiger charge is 2.16. The minimum Gasteiger partial charge on any atom is -0.493 e. The summed E-state index contributed by atoms with van der Waals surface area (Å²) in [6.45, 7) is 1.06. The first-order valence-corrected chi connectivity index (χ1v) is 10.4. The van der Waals surface area contributed by atoms with Crippen LogP contribution in [0.2, 0.25) is 5.02 Å². The minimum absolute atomic E-state index is 0.315. The van der Waals surface area contributed by atoms with Crippen LogP contribution in [-0.2, 0) is 16.0 Å². The van der Waals surface area contributed by atoms with E-state index in [4.69, 9.17) is 30.9 Å². The molecule has 0 aliphatic heterocycles. The van der Waals surface area contributed by atoms with Crippen LogP contribution in [0, 0.1) is 0 Å². The molecule has 6 heteroatoms. The van der Waals surface area contributed by atoms with Gasteiger partial charge < -0.3 is 19.3 Å². The number of carboxylic acids is 1. The van der Waals surface area contributed by atoms with Gasteiger partial charge in [-0.15, -0.1) is 0 Å². The average Bonchev–Trinajstić information content (AvgIpc) is 2.79. The third-order valence-electron chi connectivity index (χ3n) is 4.77. The molecule has 0 aliphatic carbocycles. The normalized spacial score (nSPS) is 11.7. The SMILES string of the molecule is CO[C@@H](Cc1ccc(OCCCOc2ccc(-c3ccccc3Cl)cc2)cc1)C(=O)O. The van der Waals surface area contributed by atoms with Crippen LogP contribution < -0.4 is 9.47 Å². The number of carbonyl (C=O) groups is 1. The first-order valence-electron chi connectivity index (χ1n) is 10.0. The molecular weight excluding hydrogens is 416 g/mol. The molecule has 0 saturated carbocycles. The Bertz CT molecular complexity index is 970. The van der Waals surface area contributed by atoms with Gasteiger partial charge in [0.25, 0.3) is 0 Å². The number of methoxy groups -OCH3 is 1. The molecule has 3 rings (SSSR count). The highest BCUT2D eigenvalue weighted by Crippen LogP contribution is 2.28. The zero-order valence-electron chi connectivity index (χ0n) is 17.3. The van der Waals surface area contributed by atoms with E-state index in [2.05, 4.69) is 0 Å². The summed E-state index contributed by atoms with van der Waals surface area (Å²) in [4.78, 5) is 11.0. The first kappa shape index (κ1) is 22.7. The van der Waals surface area contributed by atoms with Gasteiger partial charge in [0.15, 0.2) is 6.10 Å². The summed E-state index contributed by atoms with van der Waals surface area (Å²) in [7, 11) is 1.39. The van der Waals surface area contributed by atoms with Gasteiger partial charge in [-0.05, 0) is 41.5 Å². The van der Waals surface area contributed by atoms with Crippen LogP contribution in [0.25, 0.3) is 11.1 Å². The Morgan fingerprint density at radius 3 is 2.03 bits per heavy atom. The van der Waals surface area contributed by atoms with Gasteiger partial charge in [-0.1, -0.05) is 54.1 Å². The van der Waals surface area contributed by atoms with Crippen LogP contribution in [0.3, 0.4) is 0 Å². The van der Waals surface area contributed by atoms with Crippen LogP contribution in [0.4, 0.5) is 0 Å². The second-order valence-corrected chi connectivity index (χ2v) is 7.37. The fourth-order valence-corrected chi connectivity index (χ4v) is 3.32. The van der Waals surface area contributed by atoms with E-state index in [9.17, 15) is 4.79 Å². The number of rotatable bonds is 11. The summed E-state index contributed by atoms with van der Waals surface area (Å²) in [5.74, 6) is 0.560. The lowest BCUT2D eigenvalue weighted by Gasteiger charge is -2.11. The quantitative estimate of drug-likeness (QED) is 0.399. The molecule has 0 radical (unpaired) electrons. The molecule has 3 aromatic rings. The average molecular weight is 441 g/mol. The van der Waals surface area contributed by atoms with Crippen molar-refractivity contribution < 1.29 is 24.1 Å². The van der Waals surface area contributed by atoms with E-state index in [0.29, 0.717) is 19.6 Å². The summed E-state index contributed by atoms with van der Waals surface area (Å²) >= 11 is 6.24. The Kier molecular flexibility index (Phi) is 8.33. The summed E-state index contributed by atoms with van der Waals surface area (Å²) in [6.07, 6.45) is 0.205. The number of ether oxygens (including phenoxy) is 3. The van der Waals surface area contributed by atoms with E-state index in [1.165, 1.54) is 7.11 Å². The largest absolute Gasteiger partial charge is 0.493 e. The lowest BCUT2D eigenvalue weighted by atomic mass is 10.1. The molecule has 1 N–H and O–H groups in total. The molecule has 0 heterocycles. The molecule has 0 unspecified atom stereocenters. The van der Waals surface area contributed by atoms with Crippen molar-refractivity contribution in [2.75, 3.05) is 20.3 Å². The zero-order chi connectivity index (χ0) is 22.1. The molecular formula is C25H25ClO5. The molecule has 0 saturated heterocycles. The van der Waals surface area contributed by atoms with Crippen LogP contribution in [0.5, 0.6) is 11.5 Å². The van der Waals surface area contributed by atoms with Gasteiger partial charge >= 0.3 is 5.97 Å². The molecule has 0 aliphatic rings. The van der Waals surface area contributed by atoms with Gasteiger partial charge in [-0.2, -0.15) is 0 Å². The van der Waals surface area contributed by atoms with Gasteiger partial charge in [-0.25, -0.2) is 4.79 Å². The van der Waals surface area contributed by atoms with Crippen LogP contribution >= 0.6 is 11.6 Å². The number of benzene rings is 3. The van der Waals surface area contributed by atoms with Crippen molar-refractivity contribution in [3.8, 4) is 22.6 Å². The van der Waals surface area contributed by atoms with Crippen molar-refractivity contribution in [1.29, 1.82) is 0 Å². The van der Waals surface area contributed by atoms with Gasteiger partial charge in [0, 0.05) is 30.5 Å². The number of hydrogen-bond acceptors (Lipinski definition) is 4. The molecule has 3 aromatic carbocycles. The monoisotopic (exact) mass is 440 g/mol. The second kappa shape index (κ2) is 11.4. The van der Waals surface area contributed by atoms with Crippen molar-refractivity contribution in [2.24, 2.45) is 0 Å².